The molecule has 32 heavy (non-hydrogen) atoms. The van der Waals surface area contributed by atoms with Gasteiger partial charge in [0.1, 0.15) is 0 Å². The number of amides is 1. The fourth-order valence-electron chi connectivity index (χ4n) is 3.20. The van der Waals surface area contributed by atoms with Crippen LogP contribution in [-0.4, -0.2) is 43.9 Å². The summed E-state index contributed by atoms with van der Waals surface area (Å²) in [5, 5.41) is 6.96. The molecule has 0 unspecified atom stereocenters. The first kappa shape index (κ1) is 21.8. The lowest BCUT2D eigenvalue weighted by molar-refractivity contribution is -0.116. The Kier molecular flexibility index (Phi) is 6.72. The molecule has 9 nitrogen and oxygen atoms in total. The zero-order chi connectivity index (χ0) is 22.4. The number of nitrogens with one attached hydrogen (secondary N) is 2. The van der Waals surface area contributed by atoms with Crippen LogP contribution in [0.25, 0.3) is 0 Å². The van der Waals surface area contributed by atoms with E-state index in [0.717, 1.165) is 12.0 Å². The Balaban J connectivity index is 1.28. The molecular formula is C22H24N4O5S. The number of hydrogen-bond donors (Lipinski definition) is 2. The molecule has 1 amide bonds. The molecule has 168 valence electrons. The van der Waals surface area contributed by atoms with Crippen molar-refractivity contribution >= 4 is 21.6 Å². The van der Waals surface area contributed by atoms with Crippen molar-refractivity contribution in [2.24, 2.45) is 0 Å². The molecule has 1 aliphatic heterocycles. The van der Waals surface area contributed by atoms with Crippen molar-refractivity contribution in [2.45, 2.75) is 24.3 Å². The van der Waals surface area contributed by atoms with E-state index in [2.05, 4.69) is 15.1 Å². The first-order valence-corrected chi connectivity index (χ1v) is 11.7. The zero-order valence-electron chi connectivity index (χ0n) is 17.4. The molecule has 0 aliphatic carbocycles. The Hall–Kier alpha value is -3.37. The third-order valence-electron chi connectivity index (χ3n) is 4.78. The molecule has 1 aromatic heterocycles. The van der Waals surface area contributed by atoms with Crippen LogP contribution in [0.5, 0.6) is 11.5 Å². The van der Waals surface area contributed by atoms with Crippen LogP contribution in [0.3, 0.4) is 0 Å². The minimum atomic E-state index is -3.79. The Morgan fingerprint density at radius 3 is 2.66 bits per heavy atom. The van der Waals surface area contributed by atoms with Crippen LogP contribution >= 0.6 is 0 Å². The number of carbonyl (C=O) groups is 1. The van der Waals surface area contributed by atoms with Crippen LogP contribution in [0.1, 0.15) is 18.4 Å². The minimum absolute atomic E-state index is 0.0202. The predicted molar refractivity (Wildman–Crippen MR) is 118 cm³/mol. The monoisotopic (exact) mass is 456 g/mol. The number of carbonyl (C=O) groups excluding carboxylic acids is 1. The quantitative estimate of drug-likeness (QED) is 0.538. The van der Waals surface area contributed by atoms with Gasteiger partial charge in [0.05, 0.1) is 36.5 Å². The molecular weight excluding hydrogens is 432 g/mol. The van der Waals surface area contributed by atoms with E-state index in [-0.39, 0.29) is 23.8 Å². The van der Waals surface area contributed by atoms with Crippen LogP contribution < -0.4 is 19.5 Å². The third kappa shape index (κ3) is 5.65. The fraction of sp³-hybridized carbons (Fsp3) is 0.273. The maximum Gasteiger partial charge on any atom is 0.240 e. The summed E-state index contributed by atoms with van der Waals surface area (Å²) in [6.07, 6.45) is 4.00. The normalized spacial score (nSPS) is 13.4. The van der Waals surface area contributed by atoms with Gasteiger partial charge in [-0.1, -0.05) is 30.3 Å². The van der Waals surface area contributed by atoms with Crippen molar-refractivity contribution in [2.75, 3.05) is 25.1 Å². The molecule has 4 rings (SSSR count). The summed E-state index contributed by atoms with van der Waals surface area (Å²) in [5.74, 6) is 0.606. The summed E-state index contributed by atoms with van der Waals surface area (Å²) in [6, 6.07) is 14.3. The number of nitrogens with zero attached hydrogens (tertiary/aromatic N) is 2. The first-order chi connectivity index (χ1) is 15.5. The van der Waals surface area contributed by atoms with Gasteiger partial charge in [0, 0.05) is 31.6 Å². The van der Waals surface area contributed by atoms with E-state index in [4.69, 9.17) is 9.47 Å². The van der Waals surface area contributed by atoms with Crippen molar-refractivity contribution in [1.29, 1.82) is 0 Å². The predicted octanol–water partition coefficient (Wildman–Crippen LogP) is 2.40. The largest absolute Gasteiger partial charge is 0.490 e. The molecule has 2 aromatic carbocycles. The van der Waals surface area contributed by atoms with Crippen molar-refractivity contribution in [3.63, 3.8) is 0 Å². The smallest absolute Gasteiger partial charge is 0.240 e. The van der Waals surface area contributed by atoms with Crippen molar-refractivity contribution in [3.05, 3.63) is 66.5 Å². The number of sulfonamides is 1. The van der Waals surface area contributed by atoms with E-state index in [1.54, 1.807) is 23.1 Å². The highest BCUT2D eigenvalue weighted by atomic mass is 32.2. The summed E-state index contributed by atoms with van der Waals surface area (Å²) < 4.78 is 40.4. The second kappa shape index (κ2) is 9.84. The summed E-state index contributed by atoms with van der Waals surface area (Å²) in [4.78, 5) is 12.3. The molecule has 0 atom stereocenters. The van der Waals surface area contributed by atoms with Gasteiger partial charge in [0.2, 0.25) is 15.9 Å². The van der Waals surface area contributed by atoms with Crippen molar-refractivity contribution in [1.82, 2.24) is 14.5 Å². The number of rotatable bonds is 8. The van der Waals surface area contributed by atoms with E-state index in [1.165, 1.54) is 12.1 Å². The van der Waals surface area contributed by atoms with Crippen LogP contribution in [0.15, 0.2) is 65.8 Å². The van der Waals surface area contributed by atoms with E-state index in [0.29, 0.717) is 36.9 Å². The number of ether oxygens (including phenoxy) is 2. The summed E-state index contributed by atoms with van der Waals surface area (Å²) in [6.45, 7) is 1.54. The molecule has 0 saturated heterocycles. The van der Waals surface area contributed by atoms with Gasteiger partial charge in [-0.2, -0.15) is 5.10 Å². The summed E-state index contributed by atoms with van der Waals surface area (Å²) in [7, 11) is -3.79. The summed E-state index contributed by atoms with van der Waals surface area (Å²) in [5.41, 5.74) is 1.65. The molecule has 2 heterocycles. The highest BCUT2D eigenvalue weighted by Gasteiger charge is 2.19. The fourth-order valence-corrected chi connectivity index (χ4v) is 4.25. The number of aromatic nitrogens is 2. The van der Waals surface area contributed by atoms with Gasteiger partial charge in [0.25, 0.3) is 0 Å². The van der Waals surface area contributed by atoms with E-state index in [1.807, 2.05) is 30.3 Å². The molecule has 3 aromatic rings. The second-order valence-electron chi connectivity index (χ2n) is 7.27. The lowest BCUT2D eigenvalue weighted by Crippen LogP contribution is -2.27. The van der Waals surface area contributed by atoms with Gasteiger partial charge in [-0.05, 0) is 17.7 Å². The molecule has 2 N–H and O–H groups in total. The highest BCUT2D eigenvalue weighted by Crippen LogP contribution is 2.31. The maximum atomic E-state index is 12.6. The molecule has 10 heteroatoms. The van der Waals surface area contributed by atoms with Gasteiger partial charge in [-0.25, -0.2) is 13.1 Å². The maximum absolute atomic E-state index is 12.6. The van der Waals surface area contributed by atoms with Gasteiger partial charge in [-0.3, -0.25) is 9.48 Å². The topological polar surface area (TPSA) is 112 Å². The van der Waals surface area contributed by atoms with Crippen LogP contribution in [-0.2, 0) is 21.4 Å². The van der Waals surface area contributed by atoms with E-state index >= 15 is 0 Å². The number of anilines is 1. The minimum Gasteiger partial charge on any atom is -0.490 e. The Bertz CT molecular complexity index is 1180. The van der Waals surface area contributed by atoms with E-state index < -0.39 is 10.0 Å². The lowest BCUT2D eigenvalue weighted by atomic mass is 10.2. The second-order valence-corrected chi connectivity index (χ2v) is 9.03. The first-order valence-electron chi connectivity index (χ1n) is 10.3. The summed E-state index contributed by atoms with van der Waals surface area (Å²) >= 11 is 0. The number of hydrogen-bond acceptors (Lipinski definition) is 6. The van der Waals surface area contributed by atoms with Gasteiger partial charge < -0.3 is 14.8 Å². The average Bonchev–Trinajstić information content (AvgIpc) is 3.07. The molecule has 0 fully saturated rings. The average molecular weight is 457 g/mol. The van der Waals surface area contributed by atoms with Crippen LogP contribution in [0.2, 0.25) is 0 Å². The molecule has 0 bridgehead atoms. The Labute approximate surface area is 186 Å². The zero-order valence-corrected chi connectivity index (χ0v) is 18.2. The van der Waals surface area contributed by atoms with Gasteiger partial charge >= 0.3 is 0 Å². The standard InChI is InChI=1S/C22H24N4O5S/c27-22(25-18-14-23-26(16-18)15-17-5-2-1-3-6-17)9-10-24-32(28,29)19-7-8-20-21(13-19)31-12-4-11-30-20/h1-3,5-8,13-14,16,24H,4,9-12,15H2,(H,25,27). The Morgan fingerprint density at radius 2 is 1.84 bits per heavy atom. The van der Waals surface area contributed by atoms with E-state index in [9.17, 15) is 13.2 Å². The molecule has 0 radical (unpaired) electrons. The third-order valence-corrected chi connectivity index (χ3v) is 6.24. The van der Waals surface area contributed by atoms with Crippen LogP contribution in [0, 0.1) is 0 Å². The Morgan fingerprint density at radius 1 is 1.06 bits per heavy atom. The van der Waals surface area contributed by atoms with Gasteiger partial charge in [0.15, 0.2) is 11.5 Å². The van der Waals surface area contributed by atoms with Crippen LogP contribution in [0.4, 0.5) is 5.69 Å². The molecule has 0 saturated carbocycles. The molecule has 1 aliphatic rings. The lowest BCUT2D eigenvalue weighted by Gasteiger charge is -2.11. The van der Waals surface area contributed by atoms with Gasteiger partial charge in [-0.15, -0.1) is 0 Å². The molecule has 0 spiro atoms. The van der Waals surface area contributed by atoms with Crippen molar-refractivity contribution < 1.29 is 22.7 Å². The highest BCUT2D eigenvalue weighted by molar-refractivity contribution is 7.89. The van der Waals surface area contributed by atoms with Crippen molar-refractivity contribution in [3.8, 4) is 11.5 Å². The number of fused-ring (bicyclic) bond motifs is 1. The SMILES string of the molecule is O=C(CCNS(=O)(=O)c1ccc2c(c1)OCCCO2)Nc1cnn(Cc2ccccc2)c1. The number of benzene rings is 2.